The van der Waals surface area contributed by atoms with Crippen LogP contribution in [0.1, 0.15) is 39.0 Å². The van der Waals surface area contributed by atoms with Crippen molar-refractivity contribution in [3.8, 4) is 11.7 Å². The summed E-state index contributed by atoms with van der Waals surface area (Å²) in [5, 5.41) is 0. The van der Waals surface area contributed by atoms with Crippen LogP contribution in [0.5, 0.6) is 5.75 Å². The number of hydrogen-bond donors (Lipinski definition) is 1. The predicted molar refractivity (Wildman–Crippen MR) is 116 cm³/mol. The first-order valence-corrected chi connectivity index (χ1v) is 11.2. The van der Waals surface area contributed by atoms with Gasteiger partial charge in [-0.3, -0.25) is 0 Å². The lowest BCUT2D eigenvalue weighted by atomic mass is 10.2. The molecular formula is C22H27F3N3O2S+. The number of benzene rings is 1. The third kappa shape index (κ3) is 5.92. The second-order valence-corrected chi connectivity index (χ2v) is 8.62. The molecular weight excluding hydrogens is 427 g/mol. The van der Waals surface area contributed by atoms with Crippen LogP contribution in [0.4, 0.5) is 13.2 Å². The van der Waals surface area contributed by atoms with Crippen molar-refractivity contribution >= 4 is 22.8 Å². The van der Waals surface area contributed by atoms with E-state index in [0.717, 1.165) is 29.3 Å². The monoisotopic (exact) mass is 454 g/mol. The fraction of sp³-hybridized carbons (Fsp3) is 0.455. The summed E-state index contributed by atoms with van der Waals surface area (Å²) in [5.41, 5.74) is 0.761. The smallest absolute Gasteiger partial charge is 0.416 e. The average Bonchev–Trinajstić information content (AvgIpc) is 3.10. The molecule has 5 nitrogen and oxygen atoms in total. The Morgan fingerprint density at radius 3 is 2.55 bits per heavy atom. The standard InChI is InChI=1S/C22H27F3N3O2S/c1-5-29-17-9-10-28(16(12-17)13-31-14-21(3,4)30-6-2)20-26-18-8-7-15(22(23,24)25)11-19(18)27-20/h7-12H,5-6,13-14H2,1-4H3,(H,26,27)/q+1. The molecule has 0 aliphatic rings. The van der Waals surface area contributed by atoms with Gasteiger partial charge in [-0.05, 0) is 45.9 Å². The first-order valence-electron chi connectivity index (χ1n) is 10.1. The Labute approximate surface area is 184 Å². The Balaban J connectivity index is 1.92. The number of rotatable bonds is 9. The summed E-state index contributed by atoms with van der Waals surface area (Å²) in [6, 6.07) is 7.25. The molecule has 0 aliphatic heterocycles. The van der Waals surface area contributed by atoms with E-state index in [1.54, 1.807) is 11.8 Å². The Bertz CT molecular complexity index is 1030. The largest absolute Gasteiger partial charge is 0.494 e. The lowest BCUT2D eigenvalue weighted by Crippen LogP contribution is -2.36. The average molecular weight is 455 g/mol. The Kier molecular flexibility index (Phi) is 7.16. The highest BCUT2D eigenvalue weighted by molar-refractivity contribution is 7.98. The molecule has 0 bridgehead atoms. The van der Waals surface area contributed by atoms with Crippen molar-refractivity contribution in [2.45, 2.75) is 45.2 Å². The van der Waals surface area contributed by atoms with Crippen LogP contribution >= 0.6 is 11.8 Å². The summed E-state index contributed by atoms with van der Waals surface area (Å²) in [5.74, 6) is 2.63. The van der Waals surface area contributed by atoms with Crippen molar-refractivity contribution in [2.75, 3.05) is 19.0 Å². The molecule has 31 heavy (non-hydrogen) atoms. The highest BCUT2D eigenvalue weighted by Crippen LogP contribution is 2.31. The first-order chi connectivity index (χ1) is 14.6. The van der Waals surface area contributed by atoms with Crippen molar-refractivity contribution in [2.24, 2.45) is 0 Å². The number of ether oxygens (including phenoxy) is 2. The molecule has 168 valence electrons. The van der Waals surface area contributed by atoms with Crippen molar-refractivity contribution < 1.29 is 27.2 Å². The van der Waals surface area contributed by atoms with E-state index >= 15 is 0 Å². The SMILES string of the molecule is CCOc1cc[n+](-c2nc3ccc(C(F)(F)F)cc3[nH]2)c(CSCC(C)(C)OCC)c1. The summed E-state index contributed by atoms with van der Waals surface area (Å²) < 4.78 is 52.4. The molecule has 2 heterocycles. The number of nitrogens with one attached hydrogen (secondary N) is 1. The van der Waals surface area contributed by atoms with Crippen molar-refractivity contribution in [1.29, 1.82) is 0 Å². The van der Waals surface area contributed by atoms with Gasteiger partial charge in [0.05, 0.1) is 29.7 Å². The normalized spacial score (nSPS) is 12.5. The van der Waals surface area contributed by atoms with E-state index in [9.17, 15) is 13.2 Å². The molecule has 1 aromatic carbocycles. The van der Waals surface area contributed by atoms with Crippen LogP contribution < -0.4 is 9.30 Å². The molecule has 0 unspecified atom stereocenters. The number of aromatic amines is 1. The van der Waals surface area contributed by atoms with Crippen molar-refractivity contribution in [3.63, 3.8) is 0 Å². The number of H-pyrrole nitrogens is 1. The maximum absolute atomic E-state index is 13.1. The zero-order chi connectivity index (χ0) is 22.6. The molecule has 1 N–H and O–H groups in total. The zero-order valence-electron chi connectivity index (χ0n) is 18.0. The van der Waals surface area contributed by atoms with Gasteiger partial charge < -0.3 is 9.47 Å². The number of fused-ring (bicyclic) bond motifs is 1. The van der Waals surface area contributed by atoms with Gasteiger partial charge in [0.25, 0.3) is 0 Å². The van der Waals surface area contributed by atoms with E-state index in [1.165, 1.54) is 6.07 Å². The van der Waals surface area contributed by atoms with Gasteiger partial charge in [0.15, 0.2) is 5.52 Å². The molecule has 0 aliphatic carbocycles. The minimum absolute atomic E-state index is 0.255. The molecule has 0 saturated carbocycles. The Morgan fingerprint density at radius 1 is 1.10 bits per heavy atom. The Morgan fingerprint density at radius 2 is 1.87 bits per heavy atom. The fourth-order valence-electron chi connectivity index (χ4n) is 3.22. The molecule has 0 radical (unpaired) electrons. The van der Waals surface area contributed by atoms with Crippen molar-refractivity contribution in [3.05, 3.63) is 47.8 Å². The van der Waals surface area contributed by atoms with Gasteiger partial charge >= 0.3 is 12.1 Å². The third-order valence-corrected chi connectivity index (χ3v) is 5.98. The summed E-state index contributed by atoms with van der Waals surface area (Å²) in [6.07, 6.45) is -2.59. The lowest BCUT2D eigenvalue weighted by Gasteiger charge is -2.24. The number of aromatic nitrogens is 3. The molecule has 0 amide bonds. The number of imidazole rings is 1. The number of halogens is 3. The zero-order valence-corrected chi connectivity index (χ0v) is 18.9. The summed E-state index contributed by atoms with van der Waals surface area (Å²) >= 11 is 1.71. The van der Waals surface area contributed by atoms with E-state index < -0.39 is 11.7 Å². The summed E-state index contributed by atoms with van der Waals surface area (Å²) in [6.45, 7) is 9.16. The maximum atomic E-state index is 13.1. The van der Waals surface area contributed by atoms with Crippen LogP contribution in [0, 0.1) is 0 Å². The van der Waals surface area contributed by atoms with Gasteiger partial charge in [0.1, 0.15) is 11.3 Å². The molecule has 0 fully saturated rings. The fourth-order valence-corrected chi connectivity index (χ4v) is 4.33. The predicted octanol–water partition coefficient (Wildman–Crippen LogP) is 5.31. The number of hydrogen-bond acceptors (Lipinski definition) is 4. The highest BCUT2D eigenvalue weighted by Gasteiger charge is 2.31. The van der Waals surface area contributed by atoms with Crippen molar-refractivity contribution in [1.82, 2.24) is 9.97 Å². The van der Waals surface area contributed by atoms with Gasteiger partial charge in [0.2, 0.25) is 0 Å². The van der Waals surface area contributed by atoms with Crippen LogP contribution in [0.15, 0.2) is 36.5 Å². The molecule has 3 aromatic rings. The molecule has 2 aromatic heterocycles. The summed E-state index contributed by atoms with van der Waals surface area (Å²) in [7, 11) is 0. The van der Waals surface area contributed by atoms with Crippen LogP contribution in [0.2, 0.25) is 0 Å². The second kappa shape index (κ2) is 9.48. The maximum Gasteiger partial charge on any atom is 0.416 e. The van der Waals surface area contributed by atoms with Gasteiger partial charge in [-0.2, -0.15) is 24.9 Å². The number of alkyl halides is 3. The molecule has 0 spiro atoms. The first kappa shape index (κ1) is 23.4. The number of pyridine rings is 1. The van der Waals surface area contributed by atoms with E-state index in [1.807, 2.05) is 50.6 Å². The number of thioether (sulfide) groups is 1. The van der Waals surface area contributed by atoms with Gasteiger partial charge in [-0.25, -0.2) is 9.55 Å². The third-order valence-electron chi connectivity index (χ3n) is 4.58. The highest BCUT2D eigenvalue weighted by atomic mass is 32.2. The molecule has 0 saturated heterocycles. The molecule has 9 heteroatoms. The van der Waals surface area contributed by atoms with E-state index in [4.69, 9.17) is 9.47 Å². The van der Waals surface area contributed by atoms with E-state index in [0.29, 0.717) is 35.9 Å². The molecule has 0 atom stereocenters. The minimum atomic E-state index is -4.40. The van der Waals surface area contributed by atoms with Crippen LogP contribution in [-0.4, -0.2) is 34.5 Å². The van der Waals surface area contributed by atoms with Gasteiger partial charge in [-0.1, -0.05) is 4.98 Å². The topological polar surface area (TPSA) is 51.0 Å². The summed E-state index contributed by atoms with van der Waals surface area (Å²) in [4.78, 5) is 7.51. The van der Waals surface area contributed by atoms with Crippen LogP contribution in [0.25, 0.3) is 17.0 Å². The van der Waals surface area contributed by atoms with Crippen LogP contribution in [-0.2, 0) is 16.7 Å². The Hall–Kier alpha value is -2.26. The second-order valence-electron chi connectivity index (χ2n) is 7.63. The minimum Gasteiger partial charge on any atom is -0.494 e. The van der Waals surface area contributed by atoms with Crippen LogP contribution in [0.3, 0.4) is 0 Å². The van der Waals surface area contributed by atoms with Gasteiger partial charge in [-0.15, -0.1) is 0 Å². The molecule has 3 rings (SSSR count). The van der Waals surface area contributed by atoms with E-state index in [-0.39, 0.29) is 5.60 Å². The van der Waals surface area contributed by atoms with Gasteiger partial charge in [0, 0.05) is 30.2 Å². The lowest BCUT2D eigenvalue weighted by molar-refractivity contribution is -0.610. The van der Waals surface area contributed by atoms with E-state index in [2.05, 4.69) is 9.97 Å². The quantitative estimate of drug-likeness (QED) is 0.446. The number of nitrogens with zero attached hydrogens (tertiary/aromatic N) is 2.